The zero-order valence-electron chi connectivity index (χ0n) is 13.4. The van der Waals surface area contributed by atoms with Crippen LogP contribution in [0.25, 0.3) is 0 Å². The molecule has 0 aliphatic rings. The highest BCUT2D eigenvalue weighted by Crippen LogP contribution is 2.35. The number of alkyl halides is 3. The van der Waals surface area contributed by atoms with Crippen LogP contribution in [0.5, 0.6) is 5.75 Å². The van der Waals surface area contributed by atoms with Gasteiger partial charge in [0.15, 0.2) is 5.69 Å². The Morgan fingerprint density at radius 2 is 2.08 bits per heavy atom. The Bertz CT molecular complexity index is 867. The zero-order chi connectivity index (χ0) is 19.6. The number of benzene rings is 1. The number of nitro benzene ring substituents is 1. The fraction of sp³-hybridized carbons (Fsp3) is 0.286. The lowest BCUT2D eigenvalue weighted by Gasteiger charge is -2.08. The average Bonchev–Trinajstić information content (AvgIpc) is 2.82. The highest BCUT2D eigenvalue weighted by molar-refractivity contribution is 6.32. The van der Waals surface area contributed by atoms with Crippen LogP contribution in [-0.2, 0) is 17.5 Å². The van der Waals surface area contributed by atoms with Gasteiger partial charge >= 0.3 is 6.18 Å². The fourth-order valence-corrected chi connectivity index (χ4v) is 2.32. The summed E-state index contributed by atoms with van der Waals surface area (Å²) in [5.74, 6) is -0.615. The molecule has 0 fully saturated rings. The molecule has 140 valence electrons. The van der Waals surface area contributed by atoms with Gasteiger partial charge in [-0.1, -0.05) is 11.6 Å². The number of nitro groups is 1. The Kier molecular flexibility index (Phi) is 5.40. The first-order valence-corrected chi connectivity index (χ1v) is 7.34. The Morgan fingerprint density at radius 3 is 2.58 bits per heavy atom. The van der Waals surface area contributed by atoms with Crippen molar-refractivity contribution in [2.45, 2.75) is 19.6 Å². The number of halogens is 4. The molecule has 0 spiro atoms. The van der Waals surface area contributed by atoms with Gasteiger partial charge in [-0.05, 0) is 6.92 Å². The molecule has 0 saturated heterocycles. The Balaban J connectivity index is 2.22. The number of rotatable bonds is 5. The van der Waals surface area contributed by atoms with E-state index in [-0.39, 0.29) is 22.8 Å². The number of nitrogens with zero attached hydrogens (tertiary/aromatic N) is 3. The number of hydrogen-bond acceptors (Lipinski definition) is 5. The van der Waals surface area contributed by atoms with Gasteiger partial charge in [0, 0.05) is 12.1 Å². The number of carbonyl (C=O) groups is 1. The van der Waals surface area contributed by atoms with E-state index in [0.29, 0.717) is 0 Å². The van der Waals surface area contributed by atoms with Crippen LogP contribution in [0.3, 0.4) is 0 Å². The van der Waals surface area contributed by atoms with Crippen LogP contribution < -0.4 is 10.1 Å². The van der Waals surface area contributed by atoms with Crippen LogP contribution in [0.2, 0.25) is 5.02 Å². The normalized spacial score (nSPS) is 11.3. The SMILES string of the molecule is COc1cc(NC(=O)Cn2nc(C(F)(F)F)c(Cl)c2C)cc([N+](=O)[O-])c1. The molecule has 8 nitrogen and oxygen atoms in total. The molecule has 1 heterocycles. The van der Waals surface area contributed by atoms with Crippen molar-refractivity contribution in [1.29, 1.82) is 0 Å². The molecular weight excluding hydrogens is 381 g/mol. The third kappa shape index (κ3) is 4.23. The molecule has 0 unspecified atom stereocenters. The number of hydrogen-bond donors (Lipinski definition) is 1. The van der Waals surface area contributed by atoms with Gasteiger partial charge in [-0.2, -0.15) is 18.3 Å². The summed E-state index contributed by atoms with van der Waals surface area (Å²) in [4.78, 5) is 22.3. The molecule has 12 heteroatoms. The van der Waals surface area contributed by atoms with Gasteiger partial charge in [0.25, 0.3) is 5.69 Å². The minimum atomic E-state index is -4.75. The van der Waals surface area contributed by atoms with Crippen molar-refractivity contribution in [3.05, 3.63) is 44.7 Å². The van der Waals surface area contributed by atoms with Gasteiger partial charge < -0.3 is 10.1 Å². The van der Waals surface area contributed by atoms with Crippen LogP contribution in [0.15, 0.2) is 18.2 Å². The maximum atomic E-state index is 12.8. The van der Waals surface area contributed by atoms with Gasteiger partial charge in [0.2, 0.25) is 5.91 Å². The molecule has 1 amide bonds. The number of amides is 1. The van der Waals surface area contributed by atoms with Crippen molar-refractivity contribution in [3.63, 3.8) is 0 Å². The molecule has 0 atom stereocenters. The van der Waals surface area contributed by atoms with Crippen LogP contribution in [0.4, 0.5) is 24.5 Å². The number of anilines is 1. The topological polar surface area (TPSA) is 99.3 Å². The van der Waals surface area contributed by atoms with E-state index < -0.39 is 34.3 Å². The molecular formula is C14H12ClF3N4O4. The minimum absolute atomic E-state index is 0.0363. The first-order valence-electron chi connectivity index (χ1n) is 6.96. The molecule has 0 bridgehead atoms. The van der Waals surface area contributed by atoms with Crippen molar-refractivity contribution in [2.75, 3.05) is 12.4 Å². The highest BCUT2D eigenvalue weighted by atomic mass is 35.5. The monoisotopic (exact) mass is 392 g/mol. The summed E-state index contributed by atoms with van der Waals surface area (Å²) >= 11 is 5.61. The van der Waals surface area contributed by atoms with E-state index in [4.69, 9.17) is 16.3 Å². The molecule has 0 saturated carbocycles. The predicted octanol–water partition coefficient (Wildman–Crippen LogP) is 3.42. The number of ether oxygens (including phenoxy) is 1. The summed E-state index contributed by atoms with van der Waals surface area (Å²) < 4.78 is 44.1. The third-order valence-electron chi connectivity index (χ3n) is 3.32. The lowest BCUT2D eigenvalue weighted by atomic mass is 10.2. The van der Waals surface area contributed by atoms with E-state index in [2.05, 4.69) is 10.4 Å². The maximum absolute atomic E-state index is 12.8. The Labute approximate surface area is 149 Å². The zero-order valence-corrected chi connectivity index (χ0v) is 14.2. The van der Waals surface area contributed by atoms with Gasteiger partial charge in [-0.3, -0.25) is 19.6 Å². The van der Waals surface area contributed by atoms with Gasteiger partial charge in [0.05, 0.1) is 34.5 Å². The summed E-state index contributed by atoms with van der Waals surface area (Å²) in [6.45, 7) is 0.723. The van der Waals surface area contributed by atoms with Crippen LogP contribution >= 0.6 is 11.6 Å². The average molecular weight is 393 g/mol. The number of aromatic nitrogens is 2. The number of nitrogens with one attached hydrogen (secondary N) is 1. The molecule has 1 N–H and O–H groups in total. The van der Waals surface area contributed by atoms with E-state index >= 15 is 0 Å². The second kappa shape index (κ2) is 7.20. The molecule has 2 aromatic rings. The summed E-state index contributed by atoms with van der Waals surface area (Å²) in [5, 5.41) is 15.9. The molecule has 0 radical (unpaired) electrons. The smallest absolute Gasteiger partial charge is 0.436 e. The summed E-state index contributed by atoms with van der Waals surface area (Å²) in [6, 6.07) is 3.57. The van der Waals surface area contributed by atoms with Crippen molar-refractivity contribution in [1.82, 2.24) is 9.78 Å². The van der Waals surface area contributed by atoms with Crippen LogP contribution in [0, 0.1) is 17.0 Å². The lowest BCUT2D eigenvalue weighted by Crippen LogP contribution is -2.21. The van der Waals surface area contributed by atoms with Gasteiger partial charge in [-0.15, -0.1) is 0 Å². The third-order valence-corrected chi connectivity index (χ3v) is 3.77. The molecule has 26 heavy (non-hydrogen) atoms. The van der Waals surface area contributed by atoms with E-state index in [1.54, 1.807) is 0 Å². The van der Waals surface area contributed by atoms with E-state index in [1.807, 2.05) is 0 Å². The van der Waals surface area contributed by atoms with Crippen molar-refractivity contribution >= 4 is 28.9 Å². The van der Waals surface area contributed by atoms with E-state index in [1.165, 1.54) is 20.1 Å². The van der Waals surface area contributed by atoms with E-state index in [0.717, 1.165) is 16.8 Å². The molecule has 0 aliphatic carbocycles. The quantitative estimate of drug-likeness (QED) is 0.621. The first kappa shape index (κ1) is 19.5. The van der Waals surface area contributed by atoms with Crippen molar-refractivity contribution < 1.29 is 27.6 Å². The standard InChI is InChI=1S/C14H12ClF3N4O4/c1-7-12(15)13(14(16,17)18)20-21(7)6-11(23)19-8-3-9(22(24)25)5-10(4-8)26-2/h3-5H,6H2,1-2H3,(H,19,23). The molecule has 1 aromatic heterocycles. The van der Waals surface area contributed by atoms with Gasteiger partial charge in [0.1, 0.15) is 12.3 Å². The first-order chi connectivity index (χ1) is 12.0. The van der Waals surface area contributed by atoms with Gasteiger partial charge in [-0.25, -0.2) is 0 Å². The lowest BCUT2D eigenvalue weighted by molar-refractivity contribution is -0.384. The predicted molar refractivity (Wildman–Crippen MR) is 85.3 cm³/mol. The number of methoxy groups -OCH3 is 1. The minimum Gasteiger partial charge on any atom is -0.496 e. The number of carbonyl (C=O) groups excluding carboxylic acids is 1. The number of non-ortho nitro benzene ring substituents is 1. The summed E-state index contributed by atoms with van der Waals surface area (Å²) in [6.07, 6.45) is -4.75. The molecule has 1 aromatic carbocycles. The largest absolute Gasteiger partial charge is 0.496 e. The van der Waals surface area contributed by atoms with Crippen molar-refractivity contribution in [2.24, 2.45) is 0 Å². The second-order valence-electron chi connectivity index (χ2n) is 5.13. The van der Waals surface area contributed by atoms with E-state index in [9.17, 15) is 28.1 Å². The van der Waals surface area contributed by atoms with Crippen molar-refractivity contribution in [3.8, 4) is 5.75 Å². The Morgan fingerprint density at radius 1 is 1.42 bits per heavy atom. The fourth-order valence-electron chi connectivity index (χ4n) is 2.07. The summed E-state index contributed by atoms with van der Waals surface area (Å²) in [7, 11) is 1.29. The summed E-state index contributed by atoms with van der Waals surface area (Å²) in [5.41, 5.74) is -1.60. The maximum Gasteiger partial charge on any atom is 0.436 e. The highest BCUT2D eigenvalue weighted by Gasteiger charge is 2.38. The second-order valence-corrected chi connectivity index (χ2v) is 5.51. The molecule has 2 rings (SSSR count). The van der Waals surface area contributed by atoms with Crippen LogP contribution in [0.1, 0.15) is 11.4 Å². The van der Waals surface area contributed by atoms with Crippen LogP contribution in [-0.4, -0.2) is 27.7 Å². The Hall–Kier alpha value is -2.82. The molecule has 0 aliphatic heterocycles.